The van der Waals surface area contributed by atoms with Crippen LogP contribution in [-0.2, 0) is 17.8 Å². The fraction of sp³-hybridized carbons (Fsp3) is 0.250. The van der Waals surface area contributed by atoms with Gasteiger partial charge in [0.2, 0.25) is 0 Å². The van der Waals surface area contributed by atoms with Crippen molar-refractivity contribution in [1.82, 2.24) is 4.90 Å². The van der Waals surface area contributed by atoms with Crippen molar-refractivity contribution in [3.05, 3.63) is 76.7 Å². The second-order valence-corrected chi connectivity index (χ2v) is 7.63. The minimum absolute atomic E-state index is 0.243. The highest BCUT2D eigenvalue weighted by Gasteiger charge is 2.33. The second kappa shape index (κ2) is 10.2. The molecule has 0 aliphatic carbocycles. The zero-order chi connectivity index (χ0) is 21.5. The van der Waals surface area contributed by atoms with Crippen LogP contribution in [0, 0.1) is 0 Å². The molecule has 2 aromatic rings. The molecule has 156 valence electrons. The van der Waals surface area contributed by atoms with Crippen LogP contribution in [0.1, 0.15) is 30.5 Å². The number of ether oxygens (including phenoxy) is 2. The van der Waals surface area contributed by atoms with Crippen molar-refractivity contribution in [2.75, 3.05) is 13.2 Å². The molecule has 3 rings (SSSR count). The average Bonchev–Trinajstić information content (AvgIpc) is 3.01. The molecule has 5 nitrogen and oxygen atoms in total. The third kappa shape index (κ3) is 4.94. The maximum Gasteiger partial charge on any atom is 0.293 e. The SMILES string of the molecule is C=CCc1cc(/C=C2/SC(=O)N(CC)C2=O)cc(OCC)c1OCc1ccccc1. The summed E-state index contributed by atoms with van der Waals surface area (Å²) in [6, 6.07) is 13.7. The summed E-state index contributed by atoms with van der Waals surface area (Å²) in [6.07, 6.45) is 4.12. The van der Waals surface area contributed by atoms with Gasteiger partial charge in [0.1, 0.15) is 6.61 Å². The number of allylic oxidation sites excluding steroid dienone is 1. The Balaban J connectivity index is 1.96. The van der Waals surface area contributed by atoms with Crippen molar-refractivity contribution in [3.8, 4) is 11.5 Å². The van der Waals surface area contributed by atoms with Gasteiger partial charge in [0.15, 0.2) is 11.5 Å². The lowest BCUT2D eigenvalue weighted by atomic mass is 10.0. The van der Waals surface area contributed by atoms with Gasteiger partial charge < -0.3 is 9.47 Å². The molecule has 0 unspecified atom stereocenters. The molecule has 1 aliphatic heterocycles. The number of hydrogen-bond acceptors (Lipinski definition) is 5. The van der Waals surface area contributed by atoms with Gasteiger partial charge in [-0.3, -0.25) is 14.5 Å². The maximum absolute atomic E-state index is 12.4. The molecule has 0 N–H and O–H groups in total. The first-order valence-electron chi connectivity index (χ1n) is 9.90. The van der Waals surface area contributed by atoms with Gasteiger partial charge in [-0.2, -0.15) is 0 Å². The number of likely N-dealkylation sites (N-methyl/N-ethyl adjacent to an activating group) is 1. The minimum Gasteiger partial charge on any atom is -0.490 e. The van der Waals surface area contributed by atoms with Crippen LogP contribution >= 0.6 is 11.8 Å². The highest BCUT2D eigenvalue weighted by molar-refractivity contribution is 8.18. The van der Waals surface area contributed by atoms with Crippen LogP contribution in [0.15, 0.2) is 60.0 Å². The largest absolute Gasteiger partial charge is 0.490 e. The van der Waals surface area contributed by atoms with E-state index in [1.165, 1.54) is 4.90 Å². The number of amides is 2. The Bertz CT molecular complexity index is 969. The van der Waals surface area contributed by atoms with E-state index in [4.69, 9.17) is 9.47 Å². The predicted octanol–water partition coefficient (Wildman–Crippen LogP) is 5.45. The summed E-state index contributed by atoms with van der Waals surface area (Å²) in [7, 11) is 0. The summed E-state index contributed by atoms with van der Waals surface area (Å²) in [5.74, 6) is 1.01. The summed E-state index contributed by atoms with van der Waals surface area (Å²) in [4.78, 5) is 26.1. The molecule has 30 heavy (non-hydrogen) atoms. The molecule has 2 amide bonds. The molecule has 2 aromatic carbocycles. The van der Waals surface area contributed by atoms with Crippen molar-refractivity contribution >= 4 is 29.0 Å². The lowest BCUT2D eigenvalue weighted by Crippen LogP contribution is -2.27. The highest BCUT2D eigenvalue weighted by Crippen LogP contribution is 2.37. The summed E-state index contributed by atoms with van der Waals surface area (Å²) in [5.41, 5.74) is 2.75. The molecular formula is C24H25NO4S. The highest BCUT2D eigenvalue weighted by atomic mass is 32.2. The van der Waals surface area contributed by atoms with Crippen LogP contribution in [0.3, 0.4) is 0 Å². The Labute approximate surface area is 181 Å². The van der Waals surface area contributed by atoms with E-state index in [9.17, 15) is 9.59 Å². The van der Waals surface area contributed by atoms with E-state index < -0.39 is 0 Å². The van der Waals surface area contributed by atoms with Crippen LogP contribution in [0.25, 0.3) is 6.08 Å². The van der Waals surface area contributed by atoms with E-state index in [1.54, 1.807) is 19.1 Å². The van der Waals surface area contributed by atoms with Crippen molar-refractivity contribution in [2.45, 2.75) is 26.9 Å². The van der Waals surface area contributed by atoms with Crippen molar-refractivity contribution in [2.24, 2.45) is 0 Å². The summed E-state index contributed by atoms with van der Waals surface area (Å²) < 4.78 is 12.0. The number of rotatable bonds is 9. The molecule has 0 aromatic heterocycles. The van der Waals surface area contributed by atoms with Crippen molar-refractivity contribution in [1.29, 1.82) is 0 Å². The van der Waals surface area contributed by atoms with Crippen LogP contribution in [0.2, 0.25) is 0 Å². The first-order valence-corrected chi connectivity index (χ1v) is 10.7. The van der Waals surface area contributed by atoms with Gasteiger partial charge in [-0.25, -0.2) is 0 Å². The van der Waals surface area contributed by atoms with Crippen LogP contribution in [0.4, 0.5) is 4.79 Å². The molecule has 1 fully saturated rings. The molecule has 1 saturated heterocycles. The molecule has 0 bridgehead atoms. The third-order valence-electron chi connectivity index (χ3n) is 4.53. The van der Waals surface area contributed by atoms with E-state index in [-0.39, 0.29) is 11.1 Å². The topological polar surface area (TPSA) is 55.8 Å². The van der Waals surface area contributed by atoms with Gasteiger partial charge >= 0.3 is 0 Å². The summed E-state index contributed by atoms with van der Waals surface area (Å²) in [5, 5.41) is -0.243. The van der Waals surface area contributed by atoms with E-state index in [0.29, 0.717) is 42.6 Å². The summed E-state index contributed by atoms with van der Waals surface area (Å²) in [6.45, 7) is 8.80. The maximum atomic E-state index is 12.4. The third-order valence-corrected chi connectivity index (χ3v) is 5.44. The second-order valence-electron chi connectivity index (χ2n) is 6.63. The number of thioether (sulfide) groups is 1. The smallest absolute Gasteiger partial charge is 0.293 e. The van der Waals surface area contributed by atoms with E-state index in [0.717, 1.165) is 28.5 Å². The quantitative estimate of drug-likeness (QED) is 0.397. The Morgan fingerprint density at radius 3 is 2.50 bits per heavy atom. The van der Waals surface area contributed by atoms with Gasteiger partial charge in [0.05, 0.1) is 11.5 Å². The fourth-order valence-corrected chi connectivity index (χ4v) is 4.06. The average molecular weight is 424 g/mol. The van der Waals surface area contributed by atoms with Crippen LogP contribution in [0.5, 0.6) is 11.5 Å². The molecule has 1 heterocycles. The van der Waals surface area contributed by atoms with E-state index in [2.05, 4.69) is 6.58 Å². The molecule has 0 radical (unpaired) electrons. The van der Waals surface area contributed by atoms with Gasteiger partial charge in [-0.05, 0) is 61.4 Å². The monoisotopic (exact) mass is 423 g/mol. The number of imide groups is 1. The standard InChI is InChI=1S/C24H25NO4S/c1-4-10-19-13-18(15-21-23(26)25(5-2)24(27)30-21)14-20(28-6-3)22(19)29-16-17-11-8-7-9-12-17/h4,7-9,11-15H,1,5-6,10,16H2,2-3H3/b21-15+. The summed E-state index contributed by atoms with van der Waals surface area (Å²) >= 11 is 0.958. The van der Waals surface area contributed by atoms with Gasteiger partial charge in [0.25, 0.3) is 11.1 Å². The molecule has 1 aliphatic rings. The first-order chi connectivity index (χ1) is 14.6. The Morgan fingerprint density at radius 1 is 1.10 bits per heavy atom. The molecule has 0 saturated carbocycles. The Hall–Kier alpha value is -2.99. The minimum atomic E-state index is -0.264. The Morgan fingerprint density at radius 2 is 1.87 bits per heavy atom. The lowest BCUT2D eigenvalue weighted by molar-refractivity contribution is -0.122. The normalized spacial score (nSPS) is 15.0. The number of carbonyl (C=O) groups is 2. The fourth-order valence-electron chi connectivity index (χ4n) is 3.15. The first kappa shape index (κ1) is 21.7. The molecular weight excluding hydrogens is 398 g/mol. The molecule has 0 atom stereocenters. The lowest BCUT2D eigenvalue weighted by Gasteiger charge is -2.17. The molecule has 6 heteroatoms. The molecule has 0 spiro atoms. The van der Waals surface area contributed by atoms with Crippen molar-refractivity contribution in [3.63, 3.8) is 0 Å². The number of carbonyl (C=O) groups excluding carboxylic acids is 2. The van der Waals surface area contributed by atoms with Crippen molar-refractivity contribution < 1.29 is 19.1 Å². The van der Waals surface area contributed by atoms with E-state index in [1.807, 2.05) is 49.4 Å². The van der Waals surface area contributed by atoms with Crippen LogP contribution in [-0.4, -0.2) is 29.2 Å². The van der Waals surface area contributed by atoms with Gasteiger partial charge in [0, 0.05) is 12.1 Å². The number of benzene rings is 2. The zero-order valence-corrected chi connectivity index (χ0v) is 18.0. The van der Waals surface area contributed by atoms with Gasteiger partial charge in [-0.15, -0.1) is 6.58 Å². The Kier molecular flexibility index (Phi) is 7.36. The number of hydrogen-bond donors (Lipinski definition) is 0. The number of nitrogens with zero attached hydrogens (tertiary/aromatic N) is 1. The zero-order valence-electron chi connectivity index (χ0n) is 17.2. The van der Waals surface area contributed by atoms with E-state index >= 15 is 0 Å². The van der Waals surface area contributed by atoms with Gasteiger partial charge in [-0.1, -0.05) is 36.4 Å². The predicted molar refractivity (Wildman–Crippen MR) is 121 cm³/mol. The van der Waals surface area contributed by atoms with Crippen LogP contribution < -0.4 is 9.47 Å².